The van der Waals surface area contributed by atoms with E-state index in [0.29, 0.717) is 23.9 Å². The number of amides is 2. The topological polar surface area (TPSA) is 50.4 Å². The van der Waals surface area contributed by atoms with Gasteiger partial charge in [-0.25, -0.2) is 4.79 Å². The maximum absolute atomic E-state index is 12.1. The van der Waals surface area contributed by atoms with E-state index in [1.165, 1.54) is 0 Å². The van der Waals surface area contributed by atoms with Crippen molar-refractivity contribution < 1.29 is 9.53 Å². The lowest BCUT2D eigenvalue weighted by Crippen LogP contribution is -2.51. The highest BCUT2D eigenvalue weighted by molar-refractivity contribution is 6.33. The van der Waals surface area contributed by atoms with E-state index < -0.39 is 0 Å². The third-order valence-electron chi connectivity index (χ3n) is 3.47. The first-order valence-electron chi connectivity index (χ1n) is 6.42. The molecule has 1 fully saturated rings. The maximum Gasteiger partial charge on any atom is 0.319 e. The lowest BCUT2D eigenvalue weighted by molar-refractivity contribution is 0.0499. The summed E-state index contributed by atoms with van der Waals surface area (Å²) in [6.45, 7) is 5.32. The van der Waals surface area contributed by atoms with Crippen molar-refractivity contribution in [3.8, 4) is 0 Å². The number of carbonyl (C=O) groups excluding carboxylic acids is 1. The Morgan fingerprint density at radius 1 is 1.37 bits per heavy atom. The van der Waals surface area contributed by atoms with Crippen LogP contribution in [0.5, 0.6) is 0 Å². The van der Waals surface area contributed by atoms with Crippen molar-refractivity contribution in [2.45, 2.75) is 32.2 Å². The van der Waals surface area contributed by atoms with Crippen molar-refractivity contribution in [2.75, 3.05) is 18.5 Å². The zero-order chi connectivity index (χ0) is 13.9. The summed E-state index contributed by atoms with van der Waals surface area (Å²) in [6, 6.07) is 5.32. The number of benzene rings is 1. The fourth-order valence-electron chi connectivity index (χ4n) is 2.16. The molecule has 0 atom stereocenters. The van der Waals surface area contributed by atoms with Crippen LogP contribution in [0.15, 0.2) is 18.2 Å². The van der Waals surface area contributed by atoms with Crippen LogP contribution in [0.2, 0.25) is 5.02 Å². The molecule has 0 spiro atoms. The molecule has 0 aliphatic carbocycles. The number of rotatable bonds is 2. The van der Waals surface area contributed by atoms with Gasteiger partial charge < -0.3 is 15.4 Å². The standard InChI is InChI=1S/C14H19ClN2O2/c1-10-4-3-5-11(15)12(10)16-13(18)17-14(2)6-8-19-9-7-14/h3-5H,6-9H2,1-2H3,(H2,16,17,18). The zero-order valence-corrected chi connectivity index (χ0v) is 12.0. The van der Waals surface area contributed by atoms with E-state index in [9.17, 15) is 4.79 Å². The third kappa shape index (κ3) is 3.61. The number of halogens is 1. The van der Waals surface area contributed by atoms with Gasteiger partial charge >= 0.3 is 6.03 Å². The molecule has 0 saturated carbocycles. The second-order valence-corrected chi connectivity index (χ2v) is 5.59. The van der Waals surface area contributed by atoms with Crippen LogP contribution in [0.4, 0.5) is 10.5 Å². The number of anilines is 1. The molecule has 19 heavy (non-hydrogen) atoms. The van der Waals surface area contributed by atoms with Crippen molar-refractivity contribution >= 4 is 23.3 Å². The Morgan fingerprint density at radius 3 is 2.68 bits per heavy atom. The molecule has 2 rings (SSSR count). The lowest BCUT2D eigenvalue weighted by Gasteiger charge is -2.34. The summed E-state index contributed by atoms with van der Waals surface area (Å²) in [5.74, 6) is 0. The fourth-order valence-corrected chi connectivity index (χ4v) is 2.43. The van der Waals surface area contributed by atoms with E-state index in [4.69, 9.17) is 16.3 Å². The number of carbonyl (C=O) groups is 1. The van der Waals surface area contributed by atoms with Crippen molar-refractivity contribution in [3.05, 3.63) is 28.8 Å². The molecule has 1 aromatic rings. The monoisotopic (exact) mass is 282 g/mol. The molecule has 5 heteroatoms. The average Bonchev–Trinajstić information content (AvgIpc) is 2.34. The maximum atomic E-state index is 12.1. The molecule has 0 unspecified atom stereocenters. The van der Waals surface area contributed by atoms with Crippen molar-refractivity contribution in [1.29, 1.82) is 0 Å². The molecule has 2 N–H and O–H groups in total. The second-order valence-electron chi connectivity index (χ2n) is 5.18. The highest BCUT2D eigenvalue weighted by Gasteiger charge is 2.29. The van der Waals surface area contributed by atoms with Gasteiger partial charge in [0.15, 0.2) is 0 Å². The predicted molar refractivity (Wildman–Crippen MR) is 76.8 cm³/mol. The Hall–Kier alpha value is -1.26. The molecule has 1 heterocycles. The normalized spacial score (nSPS) is 17.8. The molecule has 4 nitrogen and oxygen atoms in total. The van der Waals surface area contributed by atoms with Gasteiger partial charge in [-0.05, 0) is 38.3 Å². The van der Waals surface area contributed by atoms with E-state index in [2.05, 4.69) is 10.6 Å². The SMILES string of the molecule is Cc1cccc(Cl)c1NC(=O)NC1(C)CCOCC1. The Kier molecular flexibility index (Phi) is 4.32. The first-order chi connectivity index (χ1) is 9.00. The van der Waals surface area contributed by atoms with Crippen molar-refractivity contribution in [3.63, 3.8) is 0 Å². The molecule has 0 radical (unpaired) electrons. The quantitative estimate of drug-likeness (QED) is 0.874. The summed E-state index contributed by atoms with van der Waals surface area (Å²) in [6.07, 6.45) is 1.64. The predicted octanol–water partition coefficient (Wildman–Crippen LogP) is 3.34. The molecule has 1 aliphatic heterocycles. The van der Waals surface area contributed by atoms with Gasteiger partial charge in [0.25, 0.3) is 0 Å². The van der Waals surface area contributed by atoms with Gasteiger partial charge in [-0.3, -0.25) is 0 Å². The summed E-state index contributed by atoms with van der Waals surface area (Å²) in [4.78, 5) is 12.1. The molecule has 2 amide bonds. The van der Waals surface area contributed by atoms with Gasteiger partial charge in [-0.2, -0.15) is 0 Å². The molecular weight excluding hydrogens is 264 g/mol. The molecular formula is C14H19ClN2O2. The minimum Gasteiger partial charge on any atom is -0.381 e. The van der Waals surface area contributed by atoms with Crippen LogP contribution in [0.3, 0.4) is 0 Å². The summed E-state index contributed by atoms with van der Waals surface area (Å²) >= 11 is 6.09. The van der Waals surface area contributed by atoms with Crippen LogP contribution in [-0.2, 0) is 4.74 Å². The van der Waals surface area contributed by atoms with Crippen LogP contribution in [0.25, 0.3) is 0 Å². The van der Waals surface area contributed by atoms with Crippen LogP contribution in [0.1, 0.15) is 25.3 Å². The number of para-hydroxylation sites is 1. The Balaban J connectivity index is 2.01. The number of hydrogen-bond donors (Lipinski definition) is 2. The molecule has 0 bridgehead atoms. The second kappa shape index (κ2) is 5.80. The largest absolute Gasteiger partial charge is 0.381 e. The van der Waals surface area contributed by atoms with E-state index >= 15 is 0 Å². The first kappa shape index (κ1) is 14.2. The van der Waals surface area contributed by atoms with E-state index in [1.807, 2.05) is 26.0 Å². The molecule has 1 saturated heterocycles. The van der Waals surface area contributed by atoms with Crippen LogP contribution < -0.4 is 10.6 Å². The van der Waals surface area contributed by atoms with Gasteiger partial charge in [-0.15, -0.1) is 0 Å². The number of urea groups is 1. The Morgan fingerprint density at radius 2 is 2.05 bits per heavy atom. The smallest absolute Gasteiger partial charge is 0.319 e. The summed E-state index contributed by atoms with van der Waals surface area (Å²) < 4.78 is 5.31. The zero-order valence-electron chi connectivity index (χ0n) is 11.3. The van der Waals surface area contributed by atoms with Crippen LogP contribution >= 0.6 is 11.6 Å². The first-order valence-corrected chi connectivity index (χ1v) is 6.80. The molecule has 104 valence electrons. The highest BCUT2D eigenvalue weighted by atomic mass is 35.5. The number of aryl methyl sites for hydroxylation is 1. The summed E-state index contributed by atoms with van der Waals surface area (Å²) in [5, 5.41) is 6.39. The van der Waals surface area contributed by atoms with E-state index in [-0.39, 0.29) is 11.6 Å². The summed E-state index contributed by atoms with van der Waals surface area (Å²) in [5.41, 5.74) is 1.40. The van der Waals surface area contributed by atoms with Crippen LogP contribution in [-0.4, -0.2) is 24.8 Å². The third-order valence-corrected chi connectivity index (χ3v) is 3.79. The Labute approximate surface area is 118 Å². The van der Waals surface area contributed by atoms with Gasteiger partial charge in [0.1, 0.15) is 0 Å². The van der Waals surface area contributed by atoms with Gasteiger partial charge in [0, 0.05) is 18.8 Å². The molecule has 1 aliphatic rings. The van der Waals surface area contributed by atoms with Gasteiger partial charge in [-0.1, -0.05) is 23.7 Å². The molecule has 1 aromatic carbocycles. The van der Waals surface area contributed by atoms with Crippen molar-refractivity contribution in [2.24, 2.45) is 0 Å². The van der Waals surface area contributed by atoms with E-state index in [0.717, 1.165) is 18.4 Å². The molecule has 0 aromatic heterocycles. The van der Waals surface area contributed by atoms with Crippen molar-refractivity contribution in [1.82, 2.24) is 5.32 Å². The summed E-state index contributed by atoms with van der Waals surface area (Å²) in [7, 11) is 0. The number of nitrogens with one attached hydrogen (secondary N) is 2. The van der Waals surface area contributed by atoms with Crippen LogP contribution in [0, 0.1) is 6.92 Å². The van der Waals surface area contributed by atoms with Gasteiger partial charge in [0.05, 0.1) is 10.7 Å². The highest BCUT2D eigenvalue weighted by Crippen LogP contribution is 2.26. The van der Waals surface area contributed by atoms with Gasteiger partial charge in [0.2, 0.25) is 0 Å². The lowest BCUT2D eigenvalue weighted by atomic mass is 9.93. The minimum absolute atomic E-state index is 0.211. The average molecular weight is 283 g/mol. The number of hydrogen-bond acceptors (Lipinski definition) is 2. The Bertz CT molecular complexity index is 450. The van der Waals surface area contributed by atoms with E-state index in [1.54, 1.807) is 6.07 Å². The fraction of sp³-hybridized carbons (Fsp3) is 0.500. The number of ether oxygens (including phenoxy) is 1. The minimum atomic E-state index is -0.222.